The molecule has 1 heterocycles. The van der Waals surface area contributed by atoms with Crippen molar-refractivity contribution in [1.82, 2.24) is 5.32 Å². The number of nitrogens with one attached hydrogen (secondary N) is 2. The van der Waals surface area contributed by atoms with E-state index in [1.165, 1.54) is 0 Å². The van der Waals surface area contributed by atoms with Gasteiger partial charge in [0.25, 0.3) is 5.91 Å². The van der Waals surface area contributed by atoms with Gasteiger partial charge in [0.2, 0.25) is 5.91 Å². The maximum absolute atomic E-state index is 13.3. The molecule has 0 aromatic heterocycles. The zero-order valence-corrected chi connectivity index (χ0v) is 16.7. The third kappa shape index (κ3) is 4.60. The number of benzene rings is 2. The van der Waals surface area contributed by atoms with Crippen molar-refractivity contribution in [2.75, 3.05) is 18.5 Å². The molecule has 3 rings (SSSR count). The number of carbonyl (C=O) groups is 2. The van der Waals surface area contributed by atoms with Gasteiger partial charge in [-0.25, -0.2) is 0 Å². The predicted molar refractivity (Wildman–Crippen MR) is 110 cm³/mol. The molecule has 148 valence electrons. The van der Waals surface area contributed by atoms with E-state index < -0.39 is 5.41 Å². The summed E-state index contributed by atoms with van der Waals surface area (Å²) in [5.74, 6) is -0.163. The fraction of sp³-hybridized carbons (Fsp3) is 0.391. The average Bonchev–Trinajstić information content (AvgIpc) is 2.68. The van der Waals surface area contributed by atoms with Crippen LogP contribution >= 0.6 is 0 Å². The van der Waals surface area contributed by atoms with Gasteiger partial charge in [0.1, 0.15) is 0 Å². The first-order valence-corrected chi connectivity index (χ1v) is 9.67. The molecule has 0 saturated carbocycles. The summed E-state index contributed by atoms with van der Waals surface area (Å²) >= 11 is 0. The van der Waals surface area contributed by atoms with E-state index in [-0.39, 0.29) is 17.4 Å². The van der Waals surface area contributed by atoms with Crippen molar-refractivity contribution in [2.24, 2.45) is 0 Å². The monoisotopic (exact) mass is 380 g/mol. The molecule has 2 N–H and O–H groups in total. The van der Waals surface area contributed by atoms with Gasteiger partial charge in [0, 0.05) is 30.0 Å². The van der Waals surface area contributed by atoms with E-state index in [1.807, 2.05) is 51.1 Å². The van der Waals surface area contributed by atoms with Gasteiger partial charge >= 0.3 is 0 Å². The Morgan fingerprint density at radius 3 is 2.11 bits per heavy atom. The third-order valence-electron chi connectivity index (χ3n) is 5.00. The maximum atomic E-state index is 13.3. The normalized spacial score (nSPS) is 16.2. The maximum Gasteiger partial charge on any atom is 0.251 e. The van der Waals surface area contributed by atoms with Crippen LogP contribution in [0.1, 0.15) is 49.5 Å². The van der Waals surface area contributed by atoms with Crippen LogP contribution < -0.4 is 10.6 Å². The summed E-state index contributed by atoms with van der Waals surface area (Å²) in [6.45, 7) is 6.95. The van der Waals surface area contributed by atoms with Gasteiger partial charge < -0.3 is 15.4 Å². The zero-order chi connectivity index (χ0) is 20.2. The van der Waals surface area contributed by atoms with E-state index in [9.17, 15) is 9.59 Å². The van der Waals surface area contributed by atoms with Crippen LogP contribution in [0.3, 0.4) is 0 Å². The molecule has 0 bridgehead atoms. The van der Waals surface area contributed by atoms with Gasteiger partial charge in [-0.3, -0.25) is 9.59 Å². The Hall–Kier alpha value is -2.66. The molecule has 0 radical (unpaired) electrons. The van der Waals surface area contributed by atoms with Gasteiger partial charge in [0.15, 0.2) is 0 Å². The number of carbonyl (C=O) groups excluding carboxylic acids is 2. The van der Waals surface area contributed by atoms with Crippen molar-refractivity contribution < 1.29 is 14.3 Å². The molecule has 5 nitrogen and oxygen atoms in total. The average molecular weight is 380 g/mol. The molecule has 2 aromatic rings. The largest absolute Gasteiger partial charge is 0.381 e. The smallest absolute Gasteiger partial charge is 0.251 e. The number of hydrogen-bond donors (Lipinski definition) is 2. The van der Waals surface area contributed by atoms with E-state index >= 15 is 0 Å². The standard InChI is InChI=1S/C23H28N2O3/c1-22(2,3)25-20(26)17-9-11-19(12-10-17)24-21(27)23(13-15-28-16-14-23)18-7-5-4-6-8-18/h4-12H,13-16H2,1-3H3,(H,24,27)(H,25,26). The second-order valence-corrected chi connectivity index (χ2v) is 8.30. The van der Waals surface area contributed by atoms with Crippen LogP contribution in [0.5, 0.6) is 0 Å². The highest BCUT2D eigenvalue weighted by atomic mass is 16.5. The fourth-order valence-electron chi connectivity index (χ4n) is 3.49. The molecule has 0 atom stereocenters. The Labute approximate surface area is 166 Å². The number of anilines is 1. The van der Waals surface area contributed by atoms with E-state index in [2.05, 4.69) is 10.6 Å². The van der Waals surface area contributed by atoms with Gasteiger partial charge in [-0.05, 0) is 63.4 Å². The van der Waals surface area contributed by atoms with Crippen LogP contribution in [0, 0.1) is 0 Å². The summed E-state index contributed by atoms with van der Waals surface area (Å²) in [6.07, 6.45) is 1.30. The Kier molecular flexibility index (Phi) is 5.84. The van der Waals surface area contributed by atoms with Gasteiger partial charge in [-0.1, -0.05) is 30.3 Å². The minimum absolute atomic E-state index is 0.0334. The minimum Gasteiger partial charge on any atom is -0.381 e. The van der Waals surface area contributed by atoms with Crippen LogP contribution in [0.4, 0.5) is 5.69 Å². The lowest BCUT2D eigenvalue weighted by Crippen LogP contribution is -2.44. The second-order valence-electron chi connectivity index (χ2n) is 8.30. The van der Waals surface area contributed by atoms with Gasteiger partial charge in [0.05, 0.1) is 5.41 Å². The quantitative estimate of drug-likeness (QED) is 0.845. The molecule has 28 heavy (non-hydrogen) atoms. The molecule has 1 aliphatic rings. The molecular weight excluding hydrogens is 352 g/mol. The van der Waals surface area contributed by atoms with Crippen molar-refractivity contribution in [3.63, 3.8) is 0 Å². The van der Waals surface area contributed by atoms with Crippen molar-refractivity contribution in [1.29, 1.82) is 0 Å². The van der Waals surface area contributed by atoms with E-state index in [1.54, 1.807) is 24.3 Å². The summed E-state index contributed by atoms with van der Waals surface area (Å²) in [6, 6.07) is 16.9. The molecule has 2 amide bonds. The Bertz CT molecular complexity index is 817. The molecule has 0 unspecified atom stereocenters. The van der Waals surface area contributed by atoms with E-state index in [4.69, 9.17) is 4.74 Å². The third-order valence-corrected chi connectivity index (χ3v) is 5.00. The first kappa shape index (κ1) is 20.1. The molecule has 5 heteroatoms. The molecule has 0 aliphatic carbocycles. The summed E-state index contributed by atoms with van der Waals surface area (Å²) in [5, 5.41) is 5.97. The highest BCUT2D eigenvalue weighted by Gasteiger charge is 2.41. The molecule has 2 aromatic carbocycles. The molecule has 1 aliphatic heterocycles. The van der Waals surface area contributed by atoms with Crippen molar-refractivity contribution >= 4 is 17.5 Å². The molecule has 1 saturated heterocycles. The van der Waals surface area contributed by atoms with Crippen LogP contribution in [-0.4, -0.2) is 30.6 Å². The summed E-state index contributed by atoms with van der Waals surface area (Å²) in [5.41, 5.74) is 1.37. The Morgan fingerprint density at radius 1 is 0.929 bits per heavy atom. The Morgan fingerprint density at radius 2 is 1.54 bits per heavy atom. The van der Waals surface area contributed by atoms with Crippen LogP contribution in [0.25, 0.3) is 0 Å². The lowest BCUT2D eigenvalue weighted by Gasteiger charge is -2.36. The first-order chi connectivity index (χ1) is 13.3. The molecular formula is C23H28N2O3. The summed E-state index contributed by atoms with van der Waals surface area (Å²) in [4.78, 5) is 25.5. The number of amides is 2. The topological polar surface area (TPSA) is 67.4 Å². The highest BCUT2D eigenvalue weighted by Crippen LogP contribution is 2.36. The Balaban J connectivity index is 1.76. The summed E-state index contributed by atoms with van der Waals surface area (Å²) in [7, 11) is 0. The van der Waals surface area contributed by atoms with Crippen molar-refractivity contribution in [3.8, 4) is 0 Å². The molecule has 1 fully saturated rings. The lowest BCUT2D eigenvalue weighted by atomic mass is 9.73. The zero-order valence-electron chi connectivity index (χ0n) is 16.7. The minimum atomic E-state index is -0.595. The fourth-order valence-corrected chi connectivity index (χ4v) is 3.49. The van der Waals surface area contributed by atoms with E-state index in [0.717, 1.165) is 5.56 Å². The molecule has 0 spiro atoms. The van der Waals surface area contributed by atoms with Crippen LogP contribution in [-0.2, 0) is 14.9 Å². The SMILES string of the molecule is CC(C)(C)NC(=O)c1ccc(NC(=O)C2(c3ccccc3)CCOCC2)cc1. The van der Waals surface area contributed by atoms with Crippen LogP contribution in [0.15, 0.2) is 54.6 Å². The highest BCUT2D eigenvalue weighted by molar-refractivity contribution is 6.00. The van der Waals surface area contributed by atoms with Crippen molar-refractivity contribution in [3.05, 3.63) is 65.7 Å². The van der Waals surface area contributed by atoms with Crippen LogP contribution in [0.2, 0.25) is 0 Å². The first-order valence-electron chi connectivity index (χ1n) is 9.67. The number of hydrogen-bond acceptors (Lipinski definition) is 3. The number of rotatable bonds is 4. The number of ether oxygens (including phenoxy) is 1. The second kappa shape index (κ2) is 8.15. The predicted octanol–water partition coefficient (Wildman–Crippen LogP) is 3.90. The summed E-state index contributed by atoms with van der Waals surface area (Å²) < 4.78 is 5.50. The lowest BCUT2D eigenvalue weighted by molar-refractivity contribution is -0.125. The van der Waals surface area contributed by atoms with E-state index in [0.29, 0.717) is 37.3 Å². The van der Waals surface area contributed by atoms with Crippen molar-refractivity contribution in [2.45, 2.75) is 44.6 Å². The van der Waals surface area contributed by atoms with Gasteiger partial charge in [-0.2, -0.15) is 0 Å². The van der Waals surface area contributed by atoms with Gasteiger partial charge in [-0.15, -0.1) is 0 Å².